The SMILES string of the molecule is c1ccc(-c2nc3c(ccc4ccc(N(c5ccccc5)c5ccc6c7ccccc7n(-c7ccccc7)c6c5)cc43)o2)cc1. The Labute approximate surface area is 260 Å². The van der Waals surface area contributed by atoms with Gasteiger partial charge in [0, 0.05) is 44.5 Å². The molecule has 0 amide bonds. The number of anilines is 3. The van der Waals surface area contributed by atoms with Crippen molar-refractivity contribution < 1.29 is 4.42 Å². The third-order valence-electron chi connectivity index (χ3n) is 8.58. The Morgan fingerprint density at radius 2 is 1.13 bits per heavy atom. The zero-order valence-corrected chi connectivity index (χ0v) is 24.3. The second kappa shape index (κ2) is 10.2. The molecule has 2 aromatic heterocycles. The van der Waals surface area contributed by atoms with E-state index in [1.165, 1.54) is 16.3 Å². The Morgan fingerprint density at radius 1 is 0.489 bits per heavy atom. The summed E-state index contributed by atoms with van der Waals surface area (Å²) in [5, 5.41) is 4.63. The van der Waals surface area contributed by atoms with Crippen molar-refractivity contribution in [1.29, 1.82) is 0 Å². The van der Waals surface area contributed by atoms with E-state index in [2.05, 4.69) is 137 Å². The number of aromatic nitrogens is 2. The van der Waals surface area contributed by atoms with Gasteiger partial charge in [0.15, 0.2) is 5.58 Å². The van der Waals surface area contributed by atoms with Crippen molar-refractivity contribution in [3.8, 4) is 17.1 Å². The van der Waals surface area contributed by atoms with Crippen LogP contribution in [0, 0.1) is 0 Å². The fourth-order valence-electron chi connectivity index (χ4n) is 6.52. The fraction of sp³-hybridized carbons (Fsp3) is 0. The molecule has 4 nitrogen and oxygen atoms in total. The van der Waals surface area contributed by atoms with Gasteiger partial charge in [0.2, 0.25) is 5.89 Å². The molecule has 9 rings (SSSR count). The van der Waals surface area contributed by atoms with Gasteiger partial charge in [-0.05, 0) is 78.2 Å². The highest BCUT2D eigenvalue weighted by Crippen LogP contribution is 2.41. The molecule has 7 aromatic carbocycles. The molecule has 0 saturated carbocycles. The predicted octanol–water partition coefficient (Wildman–Crippen LogP) is 11.2. The zero-order valence-electron chi connectivity index (χ0n) is 24.3. The van der Waals surface area contributed by atoms with Crippen molar-refractivity contribution >= 4 is 60.7 Å². The Hall–Kier alpha value is -6.13. The smallest absolute Gasteiger partial charge is 0.227 e. The first kappa shape index (κ1) is 25.4. The van der Waals surface area contributed by atoms with Crippen LogP contribution >= 0.6 is 0 Å². The molecule has 0 atom stereocenters. The van der Waals surface area contributed by atoms with Crippen molar-refractivity contribution in [3.63, 3.8) is 0 Å². The second-order valence-corrected chi connectivity index (χ2v) is 11.3. The third-order valence-corrected chi connectivity index (χ3v) is 8.58. The average molecular weight is 578 g/mol. The molecule has 0 spiro atoms. The summed E-state index contributed by atoms with van der Waals surface area (Å²) in [5.74, 6) is 0.627. The summed E-state index contributed by atoms with van der Waals surface area (Å²) in [6.07, 6.45) is 0. The molecule has 0 N–H and O–H groups in total. The van der Waals surface area contributed by atoms with E-state index in [-0.39, 0.29) is 0 Å². The number of oxazole rings is 1. The molecule has 212 valence electrons. The molecule has 0 aliphatic rings. The van der Waals surface area contributed by atoms with Crippen molar-refractivity contribution in [2.75, 3.05) is 4.90 Å². The molecule has 45 heavy (non-hydrogen) atoms. The van der Waals surface area contributed by atoms with Crippen molar-refractivity contribution in [2.24, 2.45) is 0 Å². The highest BCUT2D eigenvalue weighted by atomic mass is 16.3. The molecule has 2 heterocycles. The van der Waals surface area contributed by atoms with Gasteiger partial charge >= 0.3 is 0 Å². The molecule has 4 heteroatoms. The van der Waals surface area contributed by atoms with E-state index in [1.54, 1.807) is 0 Å². The van der Waals surface area contributed by atoms with Crippen LogP contribution in [-0.2, 0) is 0 Å². The molecule has 0 bridgehead atoms. The average Bonchev–Trinajstić information content (AvgIpc) is 3.70. The van der Waals surface area contributed by atoms with E-state index in [0.717, 1.165) is 55.7 Å². The van der Waals surface area contributed by atoms with Gasteiger partial charge in [-0.1, -0.05) is 91.0 Å². The minimum Gasteiger partial charge on any atom is -0.436 e. The lowest BCUT2D eigenvalue weighted by Gasteiger charge is -2.26. The first-order chi connectivity index (χ1) is 22.3. The van der Waals surface area contributed by atoms with Gasteiger partial charge in [0.1, 0.15) is 5.52 Å². The molecule has 0 saturated heterocycles. The van der Waals surface area contributed by atoms with Crippen molar-refractivity contribution in [1.82, 2.24) is 9.55 Å². The van der Waals surface area contributed by atoms with E-state index in [1.807, 2.05) is 36.4 Å². The van der Waals surface area contributed by atoms with Crippen LogP contribution in [0.5, 0.6) is 0 Å². The van der Waals surface area contributed by atoms with Crippen molar-refractivity contribution in [2.45, 2.75) is 0 Å². The number of rotatable bonds is 5. The van der Waals surface area contributed by atoms with Gasteiger partial charge in [-0.3, -0.25) is 0 Å². The van der Waals surface area contributed by atoms with E-state index in [9.17, 15) is 0 Å². The molecule has 0 fully saturated rings. The number of para-hydroxylation sites is 3. The van der Waals surface area contributed by atoms with Gasteiger partial charge in [0.25, 0.3) is 0 Å². The minimum atomic E-state index is 0.627. The second-order valence-electron chi connectivity index (χ2n) is 11.3. The van der Waals surface area contributed by atoms with Crippen LogP contribution in [0.3, 0.4) is 0 Å². The Kier molecular flexibility index (Phi) is 5.78. The lowest BCUT2D eigenvalue weighted by Crippen LogP contribution is -2.10. The predicted molar refractivity (Wildman–Crippen MR) is 186 cm³/mol. The van der Waals surface area contributed by atoms with Crippen LogP contribution in [0.25, 0.3) is 60.8 Å². The van der Waals surface area contributed by atoms with Gasteiger partial charge in [-0.15, -0.1) is 0 Å². The molecular formula is C41H27N3O. The summed E-state index contributed by atoms with van der Waals surface area (Å²) in [4.78, 5) is 7.30. The van der Waals surface area contributed by atoms with E-state index >= 15 is 0 Å². The number of hydrogen-bond acceptors (Lipinski definition) is 3. The highest BCUT2D eigenvalue weighted by molar-refractivity contribution is 6.11. The summed E-state index contributed by atoms with van der Waals surface area (Å²) in [6, 6.07) is 57.4. The number of benzene rings is 7. The summed E-state index contributed by atoms with van der Waals surface area (Å²) in [6.45, 7) is 0. The van der Waals surface area contributed by atoms with E-state index in [0.29, 0.717) is 5.89 Å². The Bertz CT molecular complexity index is 2480. The first-order valence-corrected chi connectivity index (χ1v) is 15.1. The lowest BCUT2D eigenvalue weighted by molar-refractivity contribution is 0.620. The van der Waals surface area contributed by atoms with Crippen LogP contribution in [0.2, 0.25) is 0 Å². The monoisotopic (exact) mass is 577 g/mol. The lowest BCUT2D eigenvalue weighted by atomic mass is 10.1. The third kappa shape index (κ3) is 4.19. The number of fused-ring (bicyclic) bond motifs is 6. The molecule has 0 aliphatic carbocycles. The maximum Gasteiger partial charge on any atom is 0.227 e. The van der Waals surface area contributed by atoms with Gasteiger partial charge in [0.05, 0.1) is 11.0 Å². The van der Waals surface area contributed by atoms with Crippen LogP contribution in [-0.4, -0.2) is 9.55 Å². The van der Waals surface area contributed by atoms with E-state index < -0.39 is 0 Å². The molecule has 0 unspecified atom stereocenters. The maximum atomic E-state index is 6.24. The summed E-state index contributed by atoms with van der Waals surface area (Å²) in [7, 11) is 0. The Morgan fingerprint density at radius 3 is 1.96 bits per heavy atom. The van der Waals surface area contributed by atoms with Crippen LogP contribution in [0.1, 0.15) is 0 Å². The normalized spacial score (nSPS) is 11.6. The van der Waals surface area contributed by atoms with Gasteiger partial charge in [-0.25, -0.2) is 4.98 Å². The Balaban J connectivity index is 1.27. The molecular weight excluding hydrogens is 550 g/mol. The fourth-order valence-corrected chi connectivity index (χ4v) is 6.52. The summed E-state index contributed by atoms with van der Waals surface area (Å²) in [5.41, 5.74) is 9.29. The summed E-state index contributed by atoms with van der Waals surface area (Å²) >= 11 is 0. The van der Waals surface area contributed by atoms with Crippen molar-refractivity contribution in [3.05, 3.63) is 164 Å². The van der Waals surface area contributed by atoms with Gasteiger partial charge in [-0.2, -0.15) is 0 Å². The zero-order chi connectivity index (χ0) is 29.7. The van der Waals surface area contributed by atoms with E-state index in [4.69, 9.17) is 9.40 Å². The van der Waals surface area contributed by atoms with Crippen LogP contribution in [0.4, 0.5) is 17.1 Å². The molecule has 0 radical (unpaired) electrons. The summed E-state index contributed by atoms with van der Waals surface area (Å²) < 4.78 is 8.60. The maximum absolute atomic E-state index is 6.24. The number of nitrogens with zero attached hydrogens (tertiary/aromatic N) is 3. The molecule has 0 aliphatic heterocycles. The topological polar surface area (TPSA) is 34.2 Å². The quantitative estimate of drug-likeness (QED) is 0.204. The first-order valence-electron chi connectivity index (χ1n) is 15.1. The van der Waals surface area contributed by atoms with Gasteiger partial charge < -0.3 is 13.9 Å². The standard InChI is InChI=1S/C41H27N3O/c1-4-12-29(13-5-1)41-42-40-36-26-32(22-20-28(36)21-25-39(40)45-41)43(30-14-6-2-7-15-30)33-23-24-35-34-18-10-11-19-37(34)44(38(35)27-33)31-16-8-3-9-17-31/h1-27H. The largest absolute Gasteiger partial charge is 0.436 e. The number of hydrogen-bond donors (Lipinski definition) is 0. The molecule has 9 aromatic rings. The van der Waals surface area contributed by atoms with Crippen LogP contribution in [0.15, 0.2) is 168 Å². The highest BCUT2D eigenvalue weighted by Gasteiger charge is 2.19. The van der Waals surface area contributed by atoms with Crippen LogP contribution < -0.4 is 4.90 Å². The minimum absolute atomic E-state index is 0.627.